The summed E-state index contributed by atoms with van der Waals surface area (Å²) in [5.74, 6) is 0.0635. The molecule has 1 aliphatic heterocycles. The van der Waals surface area contributed by atoms with Crippen LogP contribution < -0.4 is 11.1 Å². The van der Waals surface area contributed by atoms with Gasteiger partial charge < -0.3 is 16.0 Å². The summed E-state index contributed by atoms with van der Waals surface area (Å²) < 4.78 is 1.68. The van der Waals surface area contributed by atoms with E-state index < -0.39 is 0 Å². The van der Waals surface area contributed by atoms with Crippen molar-refractivity contribution < 1.29 is 9.59 Å². The monoisotopic (exact) mass is 433 g/mol. The molecule has 3 heterocycles. The van der Waals surface area contributed by atoms with E-state index in [9.17, 15) is 9.59 Å². The van der Waals surface area contributed by atoms with Crippen LogP contribution in [0, 0.1) is 6.92 Å². The smallest absolute Gasteiger partial charge is 0.253 e. The highest BCUT2D eigenvalue weighted by atomic mass is 16.2. The lowest BCUT2D eigenvalue weighted by atomic mass is 10.0. The van der Waals surface area contributed by atoms with Gasteiger partial charge >= 0.3 is 0 Å². The zero-order valence-corrected chi connectivity index (χ0v) is 18.3. The second-order valence-electron chi connectivity index (χ2n) is 7.47. The molecule has 0 bridgehead atoms. The molecule has 0 radical (unpaired) electrons. The molecule has 1 aromatic carbocycles. The van der Waals surface area contributed by atoms with E-state index >= 15 is 0 Å². The highest BCUT2D eigenvalue weighted by Gasteiger charge is 2.21. The largest absolute Gasteiger partial charge is 0.368 e. The van der Waals surface area contributed by atoms with E-state index in [0.717, 1.165) is 42.6 Å². The summed E-state index contributed by atoms with van der Waals surface area (Å²) in [6, 6.07) is 5.32. The maximum atomic E-state index is 12.6. The number of amides is 2. The zero-order chi connectivity index (χ0) is 23.1. The Labute approximate surface area is 187 Å². The number of rotatable bonds is 4. The average molecular weight is 434 g/mol. The molecular weight excluding hydrogens is 406 g/mol. The molecule has 4 rings (SSSR count). The number of nitrogens with zero attached hydrogens (tertiary/aromatic N) is 5. The molecule has 9 heteroatoms. The summed E-state index contributed by atoms with van der Waals surface area (Å²) in [5, 5.41) is 6.96. The third-order valence-electron chi connectivity index (χ3n) is 4.92. The molecule has 0 saturated carbocycles. The first-order valence-corrected chi connectivity index (χ1v) is 10.3. The van der Waals surface area contributed by atoms with Gasteiger partial charge in [0, 0.05) is 61.1 Å². The van der Waals surface area contributed by atoms with Crippen molar-refractivity contribution in [2.24, 2.45) is 7.05 Å². The van der Waals surface area contributed by atoms with Crippen molar-refractivity contribution in [2.45, 2.75) is 19.8 Å². The average Bonchev–Trinajstić information content (AvgIpc) is 3.48. The summed E-state index contributed by atoms with van der Waals surface area (Å²) in [6.07, 6.45) is 10.2. The van der Waals surface area contributed by atoms with Crippen LogP contribution in [0.2, 0.25) is 0 Å². The Bertz CT molecular complexity index is 1080. The van der Waals surface area contributed by atoms with Gasteiger partial charge in [0.2, 0.25) is 11.9 Å². The molecule has 3 N–H and O–H groups in total. The second-order valence-corrected chi connectivity index (χ2v) is 7.47. The maximum Gasteiger partial charge on any atom is 0.253 e. The van der Waals surface area contributed by atoms with Gasteiger partial charge in [0.05, 0.1) is 6.20 Å². The van der Waals surface area contributed by atoms with Gasteiger partial charge in [0.1, 0.15) is 0 Å². The fourth-order valence-electron chi connectivity index (χ4n) is 3.27. The summed E-state index contributed by atoms with van der Waals surface area (Å²) in [7, 11) is 1.82. The number of aryl methyl sites for hydroxylation is 2. The number of nitrogen functional groups attached to an aromatic ring is 1. The van der Waals surface area contributed by atoms with Gasteiger partial charge in [0.15, 0.2) is 0 Å². The predicted molar refractivity (Wildman–Crippen MR) is 124 cm³/mol. The summed E-state index contributed by atoms with van der Waals surface area (Å²) in [5.41, 5.74) is 9.09. The van der Waals surface area contributed by atoms with E-state index in [0.29, 0.717) is 17.2 Å². The highest BCUT2D eigenvalue weighted by molar-refractivity contribution is 6.03. The van der Waals surface area contributed by atoms with E-state index in [1.165, 1.54) is 6.08 Å². The van der Waals surface area contributed by atoms with Crippen LogP contribution in [0.4, 0.5) is 11.6 Å². The maximum absolute atomic E-state index is 12.6. The molecule has 9 nitrogen and oxygen atoms in total. The van der Waals surface area contributed by atoms with Crippen LogP contribution in [0.15, 0.2) is 55.6 Å². The van der Waals surface area contributed by atoms with Gasteiger partial charge in [-0.3, -0.25) is 14.3 Å². The Balaban J connectivity index is 0.000000305. The fraction of sp³-hybridized carbons (Fsp3) is 0.261. The van der Waals surface area contributed by atoms with Crippen molar-refractivity contribution in [3.63, 3.8) is 0 Å². The molecule has 0 spiro atoms. The molecule has 32 heavy (non-hydrogen) atoms. The molecule has 0 aliphatic carbocycles. The summed E-state index contributed by atoms with van der Waals surface area (Å²) >= 11 is 0. The fourth-order valence-corrected chi connectivity index (χ4v) is 3.27. The van der Waals surface area contributed by atoms with Gasteiger partial charge in [-0.1, -0.05) is 6.58 Å². The second kappa shape index (κ2) is 10.3. The number of likely N-dealkylation sites (tertiary alicyclic amines) is 1. The molecule has 2 aromatic heterocycles. The summed E-state index contributed by atoms with van der Waals surface area (Å²) in [6.45, 7) is 6.99. The number of hydrogen-bond donors (Lipinski definition) is 2. The summed E-state index contributed by atoms with van der Waals surface area (Å²) in [4.78, 5) is 33.7. The van der Waals surface area contributed by atoms with Gasteiger partial charge in [-0.15, -0.1) is 0 Å². The van der Waals surface area contributed by atoms with E-state index in [1.807, 2.05) is 31.1 Å². The van der Waals surface area contributed by atoms with E-state index in [4.69, 9.17) is 5.73 Å². The minimum atomic E-state index is -0.293. The van der Waals surface area contributed by atoms with Crippen molar-refractivity contribution in [1.29, 1.82) is 0 Å². The molecule has 3 aromatic rings. The molecule has 166 valence electrons. The first-order chi connectivity index (χ1) is 15.4. The van der Waals surface area contributed by atoms with Crippen molar-refractivity contribution in [3.8, 4) is 11.1 Å². The van der Waals surface area contributed by atoms with Crippen molar-refractivity contribution in [2.75, 3.05) is 24.1 Å². The lowest BCUT2D eigenvalue weighted by Crippen LogP contribution is -2.27. The Kier molecular flexibility index (Phi) is 7.33. The number of carbonyl (C=O) groups is 2. The lowest BCUT2D eigenvalue weighted by Gasteiger charge is -2.17. The number of hydrogen-bond acceptors (Lipinski definition) is 6. The first-order valence-electron chi connectivity index (χ1n) is 10.3. The molecule has 1 aliphatic rings. The van der Waals surface area contributed by atoms with Gasteiger partial charge in [-0.25, -0.2) is 9.97 Å². The Morgan fingerprint density at radius 3 is 2.41 bits per heavy atom. The molecule has 0 unspecified atom stereocenters. The molecule has 2 amide bonds. The molecular formula is C23H27N7O2. The van der Waals surface area contributed by atoms with Crippen molar-refractivity contribution >= 4 is 23.5 Å². The lowest BCUT2D eigenvalue weighted by molar-refractivity contribution is -0.111. The number of aromatic nitrogens is 4. The minimum absolute atomic E-state index is 0.0271. The topological polar surface area (TPSA) is 119 Å². The Morgan fingerprint density at radius 2 is 1.84 bits per heavy atom. The number of anilines is 2. The van der Waals surface area contributed by atoms with Gasteiger partial charge in [0.25, 0.3) is 5.91 Å². The first kappa shape index (κ1) is 22.7. The Hall–Kier alpha value is -4.01. The van der Waals surface area contributed by atoms with Gasteiger partial charge in [-0.2, -0.15) is 5.10 Å². The molecule has 1 fully saturated rings. The van der Waals surface area contributed by atoms with Crippen LogP contribution in [0.3, 0.4) is 0 Å². The zero-order valence-electron chi connectivity index (χ0n) is 18.3. The van der Waals surface area contributed by atoms with Crippen molar-refractivity contribution in [3.05, 3.63) is 66.8 Å². The predicted octanol–water partition coefficient (Wildman–Crippen LogP) is 2.81. The van der Waals surface area contributed by atoms with Crippen LogP contribution in [0.5, 0.6) is 0 Å². The quantitative estimate of drug-likeness (QED) is 0.611. The number of benzene rings is 1. The standard InChI is InChI=1S/C18H20N4O2.C5H7N3/c1-3-17(23)20-16-7-6-13(18(24)22-8-4-5-9-22)10-15(16)14-11-19-21(2)12-14;1-4-2-7-5(6)8-3-4/h3,6-7,10-12H,1,4-5,8-9H2,2H3,(H,20,23);2-3H,1H3,(H2,6,7,8). The van der Waals surface area contributed by atoms with Crippen LogP contribution >= 0.6 is 0 Å². The third kappa shape index (κ3) is 5.78. The van der Waals surface area contributed by atoms with E-state index in [2.05, 4.69) is 27.0 Å². The Morgan fingerprint density at radius 1 is 1.16 bits per heavy atom. The normalized spacial score (nSPS) is 12.6. The number of nitrogens with one attached hydrogen (secondary N) is 1. The van der Waals surface area contributed by atoms with Crippen LogP contribution in [-0.4, -0.2) is 49.6 Å². The number of nitrogens with two attached hydrogens (primary N) is 1. The molecule has 0 atom stereocenters. The van der Waals surface area contributed by atoms with E-state index in [1.54, 1.807) is 35.4 Å². The van der Waals surface area contributed by atoms with E-state index in [-0.39, 0.29) is 11.8 Å². The van der Waals surface area contributed by atoms with Crippen LogP contribution in [-0.2, 0) is 11.8 Å². The van der Waals surface area contributed by atoms with Crippen LogP contribution in [0.25, 0.3) is 11.1 Å². The minimum Gasteiger partial charge on any atom is -0.368 e. The number of carbonyl (C=O) groups excluding carboxylic acids is 2. The third-order valence-corrected chi connectivity index (χ3v) is 4.92. The SMILES string of the molecule is C=CC(=O)Nc1ccc(C(=O)N2CCCC2)cc1-c1cnn(C)c1.Cc1cnc(N)nc1. The highest BCUT2D eigenvalue weighted by Crippen LogP contribution is 2.30. The van der Waals surface area contributed by atoms with Gasteiger partial charge in [-0.05, 0) is 49.6 Å². The van der Waals surface area contributed by atoms with Crippen LogP contribution in [0.1, 0.15) is 28.8 Å². The van der Waals surface area contributed by atoms with Crippen molar-refractivity contribution in [1.82, 2.24) is 24.6 Å². The molecule has 1 saturated heterocycles.